The van der Waals surface area contributed by atoms with Gasteiger partial charge < -0.3 is 10.7 Å². The standard InChI is InChI=1S/C16H23N5/c1-4-6-14-15(18-10-19-16(14)21-17)20-13-8-5-7-12(9-13)11(2)3/h5,7-11H,4,6,17H2,1-3H3,(H2,18,19,20,21). The Hall–Kier alpha value is -2.14. The quantitative estimate of drug-likeness (QED) is 0.558. The van der Waals surface area contributed by atoms with Gasteiger partial charge in [0.1, 0.15) is 18.0 Å². The number of nitrogen functional groups attached to an aromatic ring is 1. The maximum absolute atomic E-state index is 5.54. The summed E-state index contributed by atoms with van der Waals surface area (Å²) in [5.41, 5.74) is 5.98. The van der Waals surface area contributed by atoms with Crippen LogP contribution >= 0.6 is 0 Å². The highest BCUT2D eigenvalue weighted by molar-refractivity contribution is 5.65. The minimum atomic E-state index is 0.494. The fraction of sp³-hybridized carbons (Fsp3) is 0.375. The largest absolute Gasteiger partial charge is 0.340 e. The van der Waals surface area contributed by atoms with Crippen LogP contribution in [-0.2, 0) is 6.42 Å². The van der Waals surface area contributed by atoms with Crippen molar-refractivity contribution in [1.82, 2.24) is 9.97 Å². The SMILES string of the molecule is CCCc1c(NN)ncnc1Nc1cccc(C(C)C)c1. The number of nitrogens with two attached hydrogens (primary N) is 1. The number of hydrogen-bond acceptors (Lipinski definition) is 5. The Kier molecular flexibility index (Phi) is 5.11. The summed E-state index contributed by atoms with van der Waals surface area (Å²) in [5.74, 6) is 7.51. The zero-order chi connectivity index (χ0) is 15.2. The van der Waals surface area contributed by atoms with Crippen LogP contribution in [0.1, 0.15) is 44.2 Å². The lowest BCUT2D eigenvalue weighted by atomic mass is 10.0. The monoisotopic (exact) mass is 285 g/mol. The van der Waals surface area contributed by atoms with Crippen molar-refractivity contribution in [2.45, 2.75) is 39.5 Å². The molecule has 1 heterocycles. The average molecular weight is 285 g/mol. The molecule has 0 atom stereocenters. The number of nitrogens with zero attached hydrogens (tertiary/aromatic N) is 2. The zero-order valence-electron chi connectivity index (χ0n) is 12.9. The molecule has 0 bridgehead atoms. The van der Waals surface area contributed by atoms with Gasteiger partial charge in [0.2, 0.25) is 0 Å². The second-order valence-corrected chi connectivity index (χ2v) is 5.35. The number of hydrogen-bond donors (Lipinski definition) is 3. The van der Waals surface area contributed by atoms with Gasteiger partial charge in [-0.2, -0.15) is 0 Å². The fourth-order valence-electron chi connectivity index (χ4n) is 2.24. The van der Waals surface area contributed by atoms with Crippen molar-refractivity contribution in [3.05, 3.63) is 41.7 Å². The molecule has 2 aromatic rings. The van der Waals surface area contributed by atoms with E-state index in [1.807, 2.05) is 6.07 Å². The normalized spacial score (nSPS) is 10.7. The lowest BCUT2D eigenvalue weighted by Gasteiger charge is -2.14. The first kappa shape index (κ1) is 15.3. The van der Waals surface area contributed by atoms with Gasteiger partial charge in [0.05, 0.1) is 0 Å². The van der Waals surface area contributed by atoms with E-state index in [0.717, 1.165) is 29.9 Å². The molecular formula is C16H23N5. The Balaban J connectivity index is 2.32. The van der Waals surface area contributed by atoms with Crippen LogP contribution in [0, 0.1) is 0 Å². The highest BCUT2D eigenvalue weighted by Crippen LogP contribution is 2.26. The van der Waals surface area contributed by atoms with Crippen LogP contribution in [0.2, 0.25) is 0 Å². The van der Waals surface area contributed by atoms with Gasteiger partial charge in [-0.15, -0.1) is 0 Å². The molecule has 4 N–H and O–H groups in total. The topological polar surface area (TPSA) is 75.9 Å². The van der Waals surface area contributed by atoms with Crippen LogP contribution in [0.4, 0.5) is 17.3 Å². The molecule has 0 aliphatic heterocycles. The maximum atomic E-state index is 5.54. The highest BCUT2D eigenvalue weighted by Gasteiger charge is 2.10. The van der Waals surface area contributed by atoms with E-state index in [4.69, 9.17) is 5.84 Å². The van der Waals surface area contributed by atoms with Gasteiger partial charge in [-0.05, 0) is 30.0 Å². The lowest BCUT2D eigenvalue weighted by molar-refractivity contribution is 0.867. The number of hydrazine groups is 1. The molecular weight excluding hydrogens is 262 g/mol. The molecule has 0 fully saturated rings. The third-order valence-corrected chi connectivity index (χ3v) is 3.40. The number of rotatable bonds is 6. The first-order valence-corrected chi connectivity index (χ1v) is 7.33. The second-order valence-electron chi connectivity index (χ2n) is 5.35. The molecule has 1 aromatic carbocycles. The molecule has 0 saturated carbocycles. The predicted octanol–water partition coefficient (Wildman–Crippen LogP) is 3.58. The van der Waals surface area contributed by atoms with E-state index in [9.17, 15) is 0 Å². The minimum absolute atomic E-state index is 0.494. The molecule has 0 unspecified atom stereocenters. The van der Waals surface area contributed by atoms with Crippen LogP contribution in [0.5, 0.6) is 0 Å². The summed E-state index contributed by atoms with van der Waals surface area (Å²) in [6, 6.07) is 8.38. The van der Waals surface area contributed by atoms with Crippen LogP contribution in [-0.4, -0.2) is 9.97 Å². The van der Waals surface area contributed by atoms with Gasteiger partial charge in [0.15, 0.2) is 0 Å². The third kappa shape index (κ3) is 3.70. The van der Waals surface area contributed by atoms with Crippen LogP contribution in [0.15, 0.2) is 30.6 Å². The fourth-order valence-corrected chi connectivity index (χ4v) is 2.24. The van der Waals surface area contributed by atoms with Crippen molar-refractivity contribution in [1.29, 1.82) is 0 Å². The molecule has 21 heavy (non-hydrogen) atoms. The number of aromatic nitrogens is 2. The Morgan fingerprint density at radius 2 is 1.95 bits per heavy atom. The summed E-state index contributed by atoms with van der Waals surface area (Å²) in [5, 5.41) is 3.38. The summed E-state index contributed by atoms with van der Waals surface area (Å²) in [7, 11) is 0. The molecule has 0 aliphatic carbocycles. The van der Waals surface area contributed by atoms with E-state index in [2.05, 4.69) is 59.7 Å². The molecule has 2 rings (SSSR count). The van der Waals surface area contributed by atoms with Gasteiger partial charge in [-0.25, -0.2) is 15.8 Å². The molecule has 0 aliphatic rings. The first-order valence-electron chi connectivity index (χ1n) is 7.33. The minimum Gasteiger partial charge on any atom is -0.340 e. The molecule has 0 spiro atoms. The molecule has 5 nitrogen and oxygen atoms in total. The van der Waals surface area contributed by atoms with Crippen molar-refractivity contribution in [2.24, 2.45) is 5.84 Å². The zero-order valence-corrected chi connectivity index (χ0v) is 12.9. The van der Waals surface area contributed by atoms with Crippen molar-refractivity contribution in [2.75, 3.05) is 10.7 Å². The number of anilines is 3. The molecule has 1 aromatic heterocycles. The van der Waals surface area contributed by atoms with Crippen LogP contribution in [0.3, 0.4) is 0 Å². The third-order valence-electron chi connectivity index (χ3n) is 3.40. The van der Waals surface area contributed by atoms with E-state index in [1.165, 1.54) is 11.9 Å². The van der Waals surface area contributed by atoms with Crippen molar-refractivity contribution in [3.63, 3.8) is 0 Å². The number of benzene rings is 1. The van der Waals surface area contributed by atoms with Crippen LogP contribution < -0.4 is 16.6 Å². The van der Waals surface area contributed by atoms with Gasteiger partial charge >= 0.3 is 0 Å². The van der Waals surface area contributed by atoms with Crippen LogP contribution in [0.25, 0.3) is 0 Å². The molecule has 0 amide bonds. The van der Waals surface area contributed by atoms with Gasteiger partial charge in [-0.1, -0.05) is 39.3 Å². The summed E-state index contributed by atoms with van der Waals surface area (Å²) >= 11 is 0. The summed E-state index contributed by atoms with van der Waals surface area (Å²) < 4.78 is 0. The highest BCUT2D eigenvalue weighted by atomic mass is 15.3. The molecule has 0 saturated heterocycles. The average Bonchev–Trinajstić information content (AvgIpc) is 2.49. The summed E-state index contributed by atoms with van der Waals surface area (Å²) in [6.07, 6.45) is 3.39. The van der Waals surface area contributed by atoms with E-state index in [0.29, 0.717) is 11.7 Å². The molecule has 5 heteroatoms. The van der Waals surface area contributed by atoms with Crippen molar-refractivity contribution in [3.8, 4) is 0 Å². The second kappa shape index (κ2) is 7.04. The van der Waals surface area contributed by atoms with Crippen molar-refractivity contribution >= 4 is 17.3 Å². The predicted molar refractivity (Wildman–Crippen MR) is 87.7 cm³/mol. The van der Waals surface area contributed by atoms with E-state index < -0.39 is 0 Å². The lowest BCUT2D eigenvalue weighted by Crippen LogP contribution is -2.13. The molecule has 112 valence electrons. The van der Waals surface area contributed by atoms with Crippen molar-refractivity contribution < 1.29 is 0 Å². The van der Waals surface area contributed by atoms with Gasteiger partial charge in [0, 0.05) is 11.3 Å². The van der Waals surface area contributed by atoms with E-state index >= 15 is 0 Å². The molecule has 0 radical (unpaired) electrons. The Morgan fingerprint density at radius 3 is 2.62 bits per heavy atom. The number of nitrogens with one attached hydrogen (secondary N) is 2. The van der Waals surface area contributed by atoms with E-state index in [1.54, 1.807) is 0 Å². The Labute approximate surface area is 126 Å². The smallest absolute Gasteiger partial charge is 0.148 e. The first-order chi connectivity index (χ1) is 10.2. The van der Waals surface area contributed by atoms with Gasteiger partial charge in [-0.3, -0.25) is 0 Å². The Morgan fingerprint density at radius 1 is 1.19 bits per heavy atom. The van der Waals surface area contributed by atoms with Gasteiger partial charge in [0.25, 0.3) is 0 Å². The maximum Gasteiger partial charge on any atom is 0.148 e. The Bertz CT molecular complexity index is 595. The van der Waals surface area contributed by atoms with E-state index in [-0.39, 0.29) is 0 Å². The summed E-state index contributed by atoms with van der Waals surface area (Å²) in [4.78, 5) is 8.53. The summed E-state index contributed by atoms with van der Waals surface area (Å²) in [6.45, 7) is 6.49.